The van der Waals surface area contributed by atoms with E-state index in [1.807, 2.05) is 0 Å². The van der Waals surface area contributed by atoms with Crippen molar-refractivity contribution in [2.75, 3.05) is 20.2 Å². The van der Waals surface area contributed by atoms with Gasteiger partial charge in [-0.05, 0) is 38.8 Å². The van der Waals surface area contributed by atoms with Gasteiger partial charge in [-0.2, -0.15) is 0 Å². The van der Waals surface area contributed by atoms with E-state index in [2.05, 4.69) is 10.6 Å². The molecule has 4 heteroatoms. The van der Waals surface area contributed by atoms with Crippen LogP contribution in [0.4, 0.5) is 0 Å². The van der Waals surface area contributed by atoms with Crippen LogP contribution >= 0.6 is 0 Å². The van der Waals surface area contributed by atoms with E-state index in [0.717, 1.165) is 25.9 Å². The molecule has 1 saturated carbocycles. The van der Waals surface area contributed by atoms with Gasteiger partial charge in [0.25, 0.3) is 0 Å². The highest BCUT2D eigenvalue weighted by Gasteiger charge is 2.43. The average molecular weight is 198 g/mol. The van der Waals surface area contributed by atoms with Gasteiger partial charge in [0.2, 0.25) is 0 Å². The monoisotopic (exact) mass is 198 g/mol. The number of rotatable bonds is 3. The zero-order valence-electron chi connectivity index (χ0n) is 8.64. The van der Waals surface area contributed by atoms with Crippen LogP contribution in [0.5, 0.6) is 0 Å². The summed E-state index contributed by atoms with van der Waals surface area (Å²) >= 11 is 0. The Bertz CT molecular complexity index is 220. The van der Waals surface area contributed by atoms with Crippen LogP contribution in [0.3, 0.4) is 0 Å². The standard InChI is InChI=1S/C10H18N2O2/c1-14-9(13)10(12-8-2-3-8)4-6-11-7-5-10/h8,11-12H,2-7H2,1H3. The molecule has 1 saturated heterocycles. The predicted molar refractivity (Wildman–Crippen MR) is 53.0 cm³/mol. The Hall–Kier alpha value is -0.610. The number of methoxy groups -OCH3 is 1. The fourth-order valence-corrected chi connectivity index (χ4v) is 2.07. The highest BCUT2D eigenvalue weighted by molar-refractivity contribution is 5.81. The lowest BCUT2D eigenvalue weighted by molar-refractivity contribution is -0.150. The van der Waals surface area contributed by atoms with Gasteiger partial charge in [-0.3, -0.25) is 10.1 Å². The lowest BCUT2D eigenvalue weighted by atomic mass is 9.88. The molecule has 2 aliphatic rings. The van der Waals surface area contributed by atoms with Crippen LogP contribution in [-0.2, 0) is 9.53 Å². The van der Waals surface area contributed by atoms with E-state index in [1.165, 1.54) is 20.0 Å². The molecule has 4 nitrogen and oxygen atoms in total. The zero-order valence-corrected chi connectivity index (χ0v) is 8.64. The Morgan fingerprint density at radius 1 is 1.43 bits per heavy atom. The number of nitrogens with one attached hydrogen (secondary N) is 2. The minimum absolute atomic E-state index is 0.0918. The summed E-state index contributed by atoms with van der Waals surface area (Å²) in [5.74, 6) is -0.0918. The predicted octanol–water partition coefficient (Wildman–Crippen LogP) is 0.0336. The number of carbonyl (C=O) groups is 1. The summed E-state index contributed by atoms with van der Waals surface area (Å²) in [6.07, 6.45) is 4.09. The number of esters is 1. The van der Waals surface area contributed by atoms with Gasteiger partial charge < -0.3 is 10.1 Å². The summed E-state index contributed by atoms with van der Waals surface area (Å²) < 4.78 is 4.89. The second-order valence-electron chi connectivity index (χ2n) is 4.24. The topological polar surface area (TPSA) is 50.4 Å². The molecule has 2 N–H and O–H groups in total. The van der Waals surface area contributed by atoms with Gasteiger partial charge in [-0.1, -0.05) is 0 Å². The molecule has 0 unspecified atom stereocenters. The van der Waals surface area contributed by atoms with Crippen LogP contribution in [0.15, 0.2) is 0 Å². The van der Waals surface area contributed by atoms with Crippen molar-refractivity contribution in [2.24, 2.45) is 0 Å². The van der Waals surface area contributed by atoms with Gasteiger partial charge in [0.15, 0.2) is 0 Å². The Labute approximate surface area is 84.4 Å². The van der Waals surface area contributed by atoms with Crippen LogP contribution in [0.25, 0.3) is 0 Å². The fraction of sp³-hybridized carbons (Fsp3) is 0.900. The molecule has 80 valence electrons. The molecule has 1 aliphatic carbocycles. The van der Waals surface area contributed by atoms with E-state index in [1.54, 1.807) is 0 Å². The van der Waals surface area contributed by atoms with E-state index in [9.17, 15) is 4.79 Å². The summed E-state index contributed by atoms with van der Waals surface area (Å²) in [6, 6.07) is 0.548. The van der Waals surface area contributed by atoms with Crippen LogP contribution in [0.1, 0.15) is 25.7 Å². The molecule has 0 aromatic rings. The van der Waals surface area contributed by atoms with Crippen molar-refractivity contribution in [3.05, 3.63) is 0 Å². The molecular formula is C10H18N2O2. The quantitative estimate of drug-likeness (QED) is 0.628. The average Bonchev–Trinajstić information content (AvgIpc) is 3.02. The SMILES string of the molecule is COC(=O)C1(NC2CC2)CCNCC1. The fourth-order valence-electron chi connectivity index (χ4n) is 2.07. The van der Waals surface area contributed by atoms with Crippen molar-refractivity contribution in [3.63, 3.8) is 0 Å². The molecule has 0 bridgehead atoms. The molecule has 0 spiro atoms. The van der Waals surface area contributed by atoms with E-state index in [0.29, 0.717) is 6.04 Å². The van der Waals surface area contributed by atoms with E-state index < -0.39 is 5.54 Å². The van der Waals surface area contributed by atoms with Gasteiger partial charge >= 0.3 is 5.97 Å². The Morgan fingerprint density at radius 3 is 2.57 bits per heavy atom. The molecule has 0 aromatic heterocycles. The summed E-state index contributed by atoms with van der Waals surface area (Å²) in [7, 11) is 1.47. The summed E-state index contributed by atoms with van der Waals surface area (Å²) in [4.78, 5) is 11.7. The van der Waals surface area contributed by atoms with E-state index >= 15 is 0 Å². The number of ether oxygens (including phenoxy) is 1. The summed E-state index contributed by atoms with van der Waals surface area (Å²) in [5.41, 5.74) is -0.402. The minimum Gasteiger partial charge on any atom is -0.468 e. The van der Waals surface area contributed by atoms with E-state index in [-0.39, 0.29) is 5.97 Å². The second kappa shape index (κ2) is 3.87. The van der Waals surface area contributed by atoms with Crippen molar-refractivity contribution in [3.8, 4) is 0 Å². The van der Waals surface area contributed by atoms with Gasteiger partial charge in [-0.15, -0.1) is 0 Å². The molecule has 0 atom stereocenters. The highest BCUT2D eigenvalue weighted by atomic mass is 16.5. The van der Waals surface area contributed by atoms with Gasteiger partial charge in [0, 0.05) is 6.04 Å². The number of hydrogen-bond donors (Lipinski definition) is 2. The third-order valence-corrected chi connectivity index (χ3v) is 3.09. The lowest BCUT2D eigenvalue weighted by Crippen LogP contribution is -2.58. The van der Waals surface area contributed by atoms with Gasteiger partial charge in [0.05, 0.1) is 7.11 Å². The van der Waals surface area contributed by atoms with Crippen LogP contribution < -0.4 is 10.6 Å². The lowest BCUT2D eigenvalue weighted by Gasteiger charge is -2.35. The molecular weight excluding hydrogens is 180 g/mol. The van der Waals surface area contributed by atoms with Crippen molar-refractivity contribution < 1.29 is 9.53 Å². The number of piperidine rings is 1. The summed E-state index contributed by atoms with van der Waals surface area (Å²) in [5, 5.41) is 6.71. The van der Waals surface area contributed by atoms with Crippen LogP contribution in [0.2, 0.25) is 0 Å². The smallest absolute Gasteiger partial charge is 0.326 e. The third kappa shape index (κ3) is 1.91. The molecule has 0 amide bonds. The van der Waals surface area contributed by atoms with Gasteiger partial charge in [0.1, 0.15) is 5.54 Å². The van der Waals surface area contributed by atoms with E-state index in [4.69, 9.17) is 4.74 Å². The van der Waals surface area contributed by atoms with Crippen molar-refractivity contribution in [1.82, 2.24) is 10.6 Å². The Morgan fingerprint density at radius 2 is 2.07 bits per heavy atom. The van der Waals surface area contributed by atoms with Crippen molar-refractivity contribution in [2.45, 2.75) is 37.3 Å². The second-order valence-corrected chi connectivity index (χ2v) is 4.24. The maximum Gasteiger partial charge on any atom is 0.326 e. The molecule has 0 radical (unpaired) electrons. The first-order valence-corrected chi connectivity index (χ1v) is 5.34. The normalized spacial score (nSPS) is 25.8. The molecule has 1 aliphatic heterocycles. The zero-order chi connectivity index (χ0) is 10.0. The highest BCUT2D eigenvalue weighted by Crippen LogP contribution is 2.28. The summed E-state index contributed by atoms with van der Waals surface area (Å²) in [6.45, 7) is 1.80. The third-order valence-electron chi connectivity index (χ3n) is 3.09. The largest absolute Gasteiger partial charge is 0.468 e. The maximum absolute atomic E-state index is 11.7. The molecule has 2 fully saturated rings. The van der Waals surface area contributed by atoms with Crippen LogP contribution in [-0.4, -0.2) is 37.7 Å². The van der Waals surface area contributed by atoms with Crippen molar-refractivity contribution >= 4 is 5.97 Å². The minimum atomic E-state index is -0.402. The first-order chi connectivity index (χ1) is 6.77. The molecule has 1 heterocycles. The Kier molecular flexibility index (Phi) is 2.74. The first-order valence-electron chi connectivity index (χ1n) is 5.34. The van der Waals surface area contributed by atoms with Crippen molar-refractivity contribution in [1.29, 1.82) is 0 Å². The number of hydrogen-bond acceptors (Lipinski definition) is 4. The number of carbonyl (C=O) groups excluding carboxylic acids is 1. The molecule has 0 aromatic carbocycles. The maximum atomic E-state index is 11.7. The Balaban J connectivity index is 2.04. The van der Waals surface area contributed by atoms with Gasteiger partial charge in [-0.25, -0.2) is 0 Å². The first kappa shape index (κ1) is 9.93. The molecule has 2 rings (SSSR count). The molecule has 14 heavy (non-hydrogen) atoms. The van der Waals surface area contributed by atoms with Crippen LogP contribution in [0, 0.1) is 0 Å².